The molecule has 1 saturated carbocycles. The second kappa shape index (κ2) is 9.03. The minimum absolute atomic E-state index is 0.0621. The molecule has 0 saturated heterocycles. The predicted molar refractivity (Wildman–Crippen MR) is 101 cm³/mol. The van der Waals surface area contributed by atoms with Gasteiger partial charge in [0.2, 0.25) is 11.8 Å². The van der Waals surface area contributed by atoms with Gasteiger partial charge in [-0.3, -0.25) is 9.59 Å². The minimum atomic E-state index is 0.0621. The summed E-state index contributed by atoms with van der Waals surface area (Å²) in [5.41, 5.74) is 7.79. The number of nitrogens with two attached hydrogens (primary N) is 1. The lowest BCUT2D eigenvalue weighted by Crippen LogP contribution is -2.44. The molecule has 4 N–H and O–H groups in total. The number of carbonyl (C=O) groups is 2. The number of amides is 2. The molecule has 2 atom stereocenters. The molecule has 0 bridgehead atoms. The Morgan fingerprint density at radius 3 is 2.96 bits per heavy atom. The molecule has 1 aromatic carbocycles. The monoisotopic (exact) mass is 359 g/mol. The molecule has 6 heteroatoms. The third kappa shape index (κ3) is 4.97. The Hall–Kier alpha value is -2.08. The molecule has 6 nitrogen and oxygen atoms in total. The van der Waals surface area contributed by atoms with Crippen LogP contribution in [0.5, 0.6) is 5.75 Å². The van der Waals surface area contributed by atoms with E-state index in [1.54, 1.807) is 0 Å². The van der Waals surface area contributed by atoms with Crippen LogP contribution in [0, 0.1) is 5.92 Å². The van der Waals surface area contributed by atoms with Gasteiger partial charge in [0.15, 0.2) is 0 Å². The summed E-state index contributed by atoms with van der Waals surface area (Å²) in [6.07, 6.45) is 6.94. The molecule has 2 unspecified atom stereocenters. The lowest BCUT2D eigenvalue weighted by molar-refractivity contribution is -0.122. The average Bonchev–Trinajstić information content (AvgIpc) is 2.65. The molecular formula is C20H29N3O3. The third-order valence-electron chi connectivity index (χ3n) is 5.35. The normalized spacial score (nSPS) is 22.3. The lowest BCUT2D eigenvalue weighted by atomic mass is 9.84. The van der Waals surface area contributed by atoms with Crippen molar-refractivity contribution in [3.63, 3.8) is 0 Å². The van der Waals surface area contributed by atoms with Crippen LogP contribution in [-0.2, 0) is 16.0 Å². The number of hydrogen-bond donors (Lipinski definition) is 3. The zero-order valence-electron chi connectivity index (χ0n) is 15.3. The van der Waals surface area contributed by atoms with Crippen LogP contribution in [0.25, 0.3) is 0 Å². The van der Waals surface area contributed by atoms with Crippen molar-refractivity contribution < 1.29 is 14.3 Å². The molecule has 1 aliphatic carbocycles. The molecule has 26 heavy (non-hydrogen) atoms. The van der Waals surface area contributed by atoms with Crippen LogP contribution in [0.2, 0.25) is 0 Å². The standard InChI is InChI=1S/C20H29N3O3/c21-13-15-4-1-2-5-17(15)22-19(24)6-3-11-26-16-8-9-18-14(12-16)7-10-20(25)23-18/h8-9,12,15,17H,1-7,10-11,13,21H2,(H,22,24)(H,23,25). The van der Waals surface area contributed by atoms with Gasteiger partial charge in [0.05, 0.1) is 6.61 Å². The fourth-order valence-electron chi connectivity index (χ4n) is 3.83. The first-order chi connectivity index (χ1) is 12.7. The van der Waals surface area contributed by atoms with E-state index >= 15 is 0 Å². The fourth-order valence-corrected chi connectivity index (χ4v) is 3.83. The van der Waals surface area contributed by atoms with E-state index in [0.717, 1.165) is 36.3 Å². The van der Waals surface area contributed by atoms with E-state index in [-0.39, 0.29) is 17.9 Å². The molecular weight excluding hydrogens is 330 g/mol. The highest BCUT2D eigenvalue weighted by Crippen LogP contribution is 2.27. The maximum atomic E-state index is 12.2. The Balaban J connectivity index is 1.38. The number of carbonyl (C=O) groups excluding carboxylic acids is 2. The number of benzene rings is 1. The Morgan fingerprint density at radius 2 is 2.12 bits per heavy atom. The summed E-state index contributed by atoms with van der Waals surface area (Å²) in [6.45, 7) is 1.15. The molecule has 3 rings (SSSR count). The van der Waals surface area contributed by atoms with Gasteiger partial charge in [0.25, 0.3) is 0 Å². The topological polar surface area (TPSA) is 93.4 Å². The van der Waals surface area contributed by atoms with Crippen molar-refractivity contribution >= 4 is 17.5 Å². The first kappa shape index (κ1) is 18.7. The van der Waals surface area contributed by atoms with Crippen molar-refractivity contribution in [2.75, 3.05) is 18.5 Å². The maximum absolute atomic E-state index is 12.2. The van der Waals surface area contributed by atoms with E-state index in [9.17, 15) is 9.59 Å². The number of fused-ring (bicyclic) bond motifs is 1. The number of nitrogens with one attached hydrogen (secondary N) is 2. The van der Waals surface area contributed by atoms with Crippen molar-refractivity contribution in [3.05, 3.63) is 23.8 Å². The van der Waals surface area contributed by atoms with Gasteiger partial charge < -0.3 is 21.1 Å². The highest BCUT2D eigenvalue weighted by molar-refractivity contribution is 5.94. The van der Waals surface area contributed by atoms with Crippen LogP contribution in [-0.4, -0.2) is 31.0 Å². The Morgan fingerprint density at radius 1 is 1.27 bits per heavy atom. The smallest absolute Gasteiger partial charge is 0.224 e. The van der Waals surface area contributed by atoms with E-state index in [4.69, 9.17) is 10.5 Å². The summed E-state index contributed by atoms with van der Waals surface area (Å²) < 4.78 is 5.77. The zero-order valence-corrected chi connectivity index (χ0v) is 15.3. The SMILES string of the molecule is NCC1CCCCC1NC(=O)CCCOc1ccc2c(c1)CCC(=O)N2. The van der Waals surface area contributed by atoms with Crippen molar-refractivity contribution in [1.82, 2.24) is 5.32 Å². The molecule has 142 valence electrons. The molecule has 0 radical (unpaired) electrons. The molecule has 1 fully saturated rings. The summed E-state index contributed by atoms with van der Waals surface area (Å²) in [5.74, 6) is 1.36. The Kier molecular flexibility index (Phi) is 6.50. The predicted octanol–water partition coefficient (Wildman–Crippen LogP) is 2.36. The van der Waals surface area contributed by atoms with Gasteiger partial charge in [-0.1, -0.05) is 12.8 Å². The number of anilines is 1. The van der Waals surface area contributed by atoms with E-state index < -0.39 is 0 Å². The van der Waals surface area contributed by atoms with E-state index in [0.29, 0.717) is 38.3 Å². The number of hydrogen-bond acceptors (Lipinski definition) is 4. The van der Waals surface area contributed by atoms with Crippen LogP contribution in [0.1, 0.15) is 50.5 Å². The van der Waals surface area contributed by atoms with E-state index in [1.165, 1.54) is 12.8 Å². The van der Waals surface area contributed by atoms with Gasteiger partial charge in [-0.25, -0.2) is 0 Å². The van der Waals surface area contributed by atoms with Crippen LogP contribution in [0.3, 0.4) is 0 Å². The van der Waals surface area contributed by atoms with Gasteiger partial charge in [0, 0.05) is 24.6 Å². The van der Waals surface area contributed by atoms with Crippen molar-refractivity contribution in [2.24, 2.45) is 11.7 Å². The number of rotatable bonds is 7. The number of aryl methyl sites for hydroxylation is 1. The molecule has 2 amide bonds. The summed E-state index contributed by atoms with van der Waals surface area (Å²) in [5, 5.41) is 6.01. The first-order valence-electron chi connectivity index (χ1n) is 9.70. The summed E-state index contributed by atoms with van der Waals surface area (Å²) in [6, 6.07) is 5.95. The molecule has 0 spiro atoms. The van der Waals surface area contributed by atoms with Gasteiger partial charge in [-0.15, -0.1) is 0 Å². The van der Waals surface area contributed by atoms with Crippen molar-refractivity contribution in [3.8, 4) is 5.75 Å². The average molecular weight is 359 g/mol. The summed E-state index contributed by atoms with van der Waals surface area (Å²) in [4.78, 5) is 23.5. The third-order valence-corrected chi connectivity index (χ3v) is 5.35. The lowest BCUT2D eigenvalue weighted by Gasteiger charge is -2.31. The maximum Gasteiger partial charge on any atom is 0.224 e. The summed E-state index contributed by atoms with van der Waals surface area (Å²) in [7, 11) is 0. The van der Waals surface area contributed by atoms with Gasteiger partial charge in [-0.05, 0) is 61.9 Å². The molecule has 1 heterocycles. The van der Waals surface area contributed by atoms with Crippen LogP contribution >= 0.6 is 0 Å². The van der Waals surface area contributed by atoms with E-state index in [2.05, 4.69) is 10.6 Å². The molecule has 1 aromatic rings. The van der Waals surface area contributed by atoms with Crippen LogP contribution < -0.4 is 21.1 Å². The van der Waals surface area contributed by atoms with Gasteiger partial charge >= 0.3 is 0 Å². The van der Waals surface area contributed by atoms with Crippen molar-refractivity contribution in [1.29, 1.82) is 0 Å². The van der Waals surface area contributed by atoms with E-state index in [1.807, 2.05) is 18.2 Å². The van der Waals surface area contributed by atoms with Gasteiger partial charge in [-0.2, -0.15) is 0 Å². The highest BCUT2D eigenvalue weighted by Gasteiger charge is 2.25. The highest BCUT2D eigenvalue weighted by atomic mass is 16.5. The Labute approximate surface area is 154 Å². The van der Waals surface area contributed by atoms with Crippen LogP contribution in [0.4, 0.5) is 5.69 Å². The van der Waals surface area contributed by atoms with Crippen LogP contribution in [0.15, 0.2) is 18.2 Å². The second-order valence-corrected chi connectivity index (χ2v) is 7.27. The molecule has 2 aliphatic rings. The zero-order chi connectivity index (χ0) is 18.4. The largest absolute Gasteiger partial charge is 0.494 e. The number of ether oxygens (including phenoxy) is 1. The molecule has 0 aromatic heterocycles. The Bertz CT molecular complexity index is 647. The minimum Gasteiger partial charge on any atom is -0.494 e. The van der Waals surface area contributed by atoms with Crippen molar-refractivity contribution in [2.45, 2.75) is 57.4 Å². The van der Waals surface area contributed by atoms with Gasteiger partial charge in [0.1, 0.15) is 5.75 Å². The summed E-state index contributed by atoms with van der Waals surface area (Å²) >= 11 is 0. The first-order valence-corrected chi connectivity index (χ1v) is 9.70. The fraction of sp³-hybridized carbons (Fsp3) is 0.600. The molecule has 1 aliphatic heterocycles. The second-order valence-electron chi connectivity index (χ2n) is 7.27. The quantitative estimate of drug-likeness (QED) is 0.652.